The van der Waals surface area contributed by atoms with E-state index >= 15 is 0 Å². The molecule has 0 aliphatic rings. The Kier molecular flexibility index (Phi) is 6.29. The lowest BCUT2D eigenvalue weighted by molar-refractivity contribution is -0.142. The molecule has 0 aliphatic carbocycles. The number of carbonyl (C=O) groups is 2. The molecule has 0 heterocycles. The van der Waals surface area contributed by atoms with E-state index in [0.29, 0.717) is 0 Å². The Hall–Kier alpha value is -1.69. The van der Waals surface area contributed by atoms with Gasteiger partial charge in [0.05, 0.1) is 0 Å². The van der Waals surface area contributed by atoms with Crippen molar-refractivity contribution in [1.82, 2.24) is 4.90 Å². The van der Waals surface area contributed by atoms with E-state index in [0.717, 1.165) is 11.1 Å². The summed E-state index contributed by atoms with van der Waals surface area (Å²) in [5.74, 6) is -1.09. The van der Waals surface area contributed by atoms with E-state index in [2.05, 4.69) is 12.6 Å². The molecule has 0 aromatic heterocycles. The van der Waals surface area contributed by atoms with Crippen LogP contribution in [0.5, 0.6) is 0 Å². The summed E-state index contributed by atoms with van der Waals surface area (Å²) in [6.07, 6.45) is -0.658. The third-order valence-corrected chi connectivity index (χ3v) is 3.28. The molecule has 0 saturated carbocycles. The number of amides is 1. The number of benzene rings is 1. The SMILES string of the molecule is Cc1ccc(CN(C(=O)OC(C)(C)C)[C@H](CS)C(=O)O)cc1. The topological polar surface area (TPSA) is 66.8 Å². The molecule has 5 nitrogen and oxygen atoms in total. The quantitative estimate of drug-likeness (QED) is 0.816. The van der Waals surface area contributed by atoms with Crippen molar-refractivity contribution in [2.24, 2.45) is 0 Å². The van der Waals surface area contributed by atoms with Gasteiger partial charge in [-0.25, -0.2) is 9.59 Å². The van der Waals surface area contributed by atoms with Crippen molar-refractivity contribution >= 4 is 24.7 Å². The van der Waals surface area contributed by atoms with Gasteiger partial charge in [0.25, 0.3) is 0 Å². The van der Waals surface area contributed by atoms with Crippen LogP contribution in [0.3, 0.4) is 0 Å². The largest absolute Gasteiger partial charge is 0.480 e. The monoisotopic (exact) mass is 325 g/mol. The minimum atomic E-state index is -1.10. The van der Waals surface area contributed by atoms with Gasteiger partial charge in [-0.05, 0) is 33.3 Å². The summed E-state index contributed by atoms with van der Waals surface area (Å²) in [5.41, 5.74) is 1.24. The lowest BCUT2D eigenvalue weighted by atomic mass is 10.1. The average Bonchev–Trinajstić information content (AvgIpc) is 2.38. The third-order valence-electron chi connectivity index (χ3n) is 2.94. The average molecular weight is 325 g/mol. The van der Waals surface area contributed by atoms with Crippen molar-refractivity contribution < 1.29 is 19.4 Å². The summed E-state index contributed by atoms with van der Waals surface area (Å²) in [7, 11) is 0. The Balaban J connectivity index is 3.02. The van der Waals surface area contributed by atoms with Crippen molar-refractivity contribution in [2.75, 3.05) is 5.75 Å². The molecule has 6 heteroatoms. The number of carbonyl (C=O) groups excluding carboxylic acids is 1. The van der Waals surface area contributed by atoms with E-state index in [9.17, 15) is 14.7 Å². The van der Waals surface area contributed by atoms with Gasteiger partial charge in [0.2, 0.25) is 0 Å². The van der Waals surface area contributed by atoms with E-state index in [1.165, 1.54) is 4.90 Å². The first-order chi connectivity index (χ1) is 10.1. The molecule has 0 bridgehead atoms. The van der Waals surface area contributed by atoms with Gasteiger partial charge in [0, 0.05) is 12.3 Å². The zero-order valence-electron chi connectivity index (χ0n) is 13.4. The number of aliphatic carboxylic acids is 1. The maximum atomic E-state index is 12.3. The van der Waals surface area contributed by atoms with E-state index in [1.807, 2.05) is 31.2 Å². The van der Waals surface area contributed by atoms with E-state index in [1.54, 1.807) is 20.8 Å². The summed E-state index contributed by atoms with van der Waals surface area (Å²) in [6, 6.07) is 6.52. The number of hydrogen-bond acceptors (Lipinski definition) is 4. The van der Waals surface area contributed by atoms with E-state index in [-0.39, 0.29) is 12.3 Å². The maximum absolute atomic E-state index is 12.3. The van der Waals surface area contributed by atoms with Crippen LogP contribution >= 0.6 is 12.6 Å². The highest BCUT2D eigenvalue weighted by atomic mass is 32.1. The molecule has 0 aliphatic heterocycles. The number of nitrogens with zero attached hydrogens (tertiary/aromatic N) is 1. The third kappa shape index (κ3) is 5.60. The normalized spacial score (nSPS) is 12.6. The number of thiol groups is 1. The fourth-order valence-electron chi connectivity index (χ4n) is 1.82. The summed E-state index contributed by atoms with van der Waals surface area (Å²) >= 11 is 4.05. The Morgan fingerprint density at radius 1 is 1.27 bits per heavy atom. The number of hydrogen-bond donors (Lipinski definition) is 2. The first kappa shape index (κ1) is 18.4. The zero-order chi connectivity index (χ0) is 16.9. The highest BCUT2D eigenvalue weighted by Crippen LogP contribution is 2.16. The van der Waals surface area contributed by atoms with Crippen molar-refractivity contribution in [2.45, 2.75) is 45.9 Å². The minimum absolute atomic E-state index is 0.0143. The molecular weight excluding hydrogens is 302 g/mol. The van der Waals surface area contributed by atoms with Crippen LogP contribution in [0.2, 0.25) is 0 Å². The van der Waals surface area contributed by atoms with Gasteiger partial charge in [0.1, 0.15) is 11.6 Å². The molecular formula is C16H23NO4S. The van der Waals surface area contributed by atoms with Crippen molar-refractivity contribution in [3.8, 4) is 0 Å². The number of ether oxygens (including phenoxy) is 1. The highest BCUT2D eigenvalue weighted by Gasteiger charge is 2.32. The summed E-state index contributed by atoms with van der Waals surface area (Å²) in [6.45, 7) is 7.35. The molecule has 0 radical (unpaired) electrons. The van der Waals surface area contributed by atoms with Crippen molar-refractivity contribution in [3.05, 3.63) is 35.4 Å². The molecule has 22 heavy (non-hydrogen) atoms. The van der Waals surface area contributed by atoms with Gasteiger partial charge in [-0.2, -0.15) is 12.6 Å². The molecule has 1 aromatic carbocycles. The maximum Gasteiger partial charge on any atom is 0.411 e. The molecule has 122 valence electrons. The van der Waals surface area contributed by atoms with Crippen LogP contribution in [-0.4, -0.2) is 39.5 Å². The number of carboxylic acids is 1. The van der Waals surface area contributed by atoms with Crippen LogP contribution in [-0.2, 0) is 16.1 Å². The molecule has 0 fully saturated rings. The summed E-state index contributed by atoms with van der Waals surface area (Å²) in [5, 5.41) is 9.31. The Morgan fingerprint density at radius 2 is 1.82 bits per heavy atom. The Bertz CT molecular complexity index is 522. The Labute approximate surface area is 136 Å². The highest BCUT2D eigenvalue weighted by molar-refractivity contribution is 7.80. The van der Waals surface area contributed by atoms with Crippen molar-refractivity contribution in [1.29, 1.82) is 0 Å². The second-order valence-corrected chi connectivity index (χ2v) is 6.50. The first-order valence-corrected chi connectivity index (χ1v) is 7.66. The molecule has 1 N–H and O–H groups in total. The van der Waals surface area contributed by atoms with E-state index in [4.69, 9.17) is 4.74 Å². The Morgan fingerprint density at radius 3 is 2.23 bits per heavy atom. The van der Waals surface area contributed by atoms with Crippen LogP contribution in [0.1, 0.15) is 31.9 Å². The first-order valence-electron chi connectivity index (χ1n) is 7.03. The number of aryl methyl sites for hydroxylation is 1. The molecule has 0 unspecified atom stereocenters. The van der Waals surface area contributed by atoms with Gasteiger partial charge >= 0.3 is 12.1 Å². The molecule has 1 atom stereocenters. The molecule has 1 aromatic rings. The van der Waals surface area contributed by atoms with Crippen LogP contribution in [0.25, 0.3) is 0 Å². The fourth-order valence-corrected chi connectivity index (χ4v) is 2.18. The van der Waals surface area contributed by atoms with E-state index < -0.39 is 23.7 Å². The predicted octanol–water partition coefficient (Wildman–Crippen LogP) is 3.12. The predicted molar refractivity (Wildman–Crippen MR) is 88.2 cm³/mol. The standard InChI is InChI=1S/C16H23NO4S/c1-11-5-7-12(8-6-11)9-17(13(10-22)14(18)19)15(20)21-16(2,3)4/h5-8,13,22H,9-10H2,1-4H3,(H,18,19)/t13-/m1/s1. The van der Waals surface area contributed by atoms with Crippen LogP contribution < -0.4 is 0 Å². The smallest absolute Gasteiger partial charge is 0.411 e. The lowest BCUT2D eigenvalue weighted by Crippen LogP contribution is -2.47. The number of carboxylic acid groups (broad SMARTS) is 1. The van der Waals surface area contributed by atoms with Crippen molar-refractivity contribution in [3.63, 3.8) is 0 Å². The van der Waals surface area contributed by atoms with Gasteiger partial charge in [-0.1, -0.05) is 29.8 Å². The second-order valence-electron chi connectivity index (χ2n) is 6.13. The molecule has 1 rings (SSSR count). The summed E-state index contributed by atoms with van der Waals surface area (Å²) < 4.78 is 5.32. The van der Waals surface area contributed by atoms with Crippen LogP contribution in [0.4, 0.5) is 4.79 Å². The van der Waals surface area contributed by atoms with Crippen LogP contribution in [0.15, 0.2) is 24.3 Å². The molecule has 1 amide bonds. The van der Waals surface area contributed by atoms with Gasteiger partial charge in [-0.3, -0.25) is 4.90 Å². The zero-order valence-corrected chi connectivity index (χ0v) is 14.3. The minimum Gasteiger partial charge on any atom is -0.480 e. The van der Waals surface area contributed by atoms with Gasteiger partial charge in [0.15, 0.2) is 0 Å². The van der Waals surface area contributed by atoms with Crippen LogP contribution in [0, 0.1) is 6.92 Å². The second kappa shape index (κ2) is 7.54. The fraction of sp³-hybridized carbons (Fsp3) is 0.500. The van der Waals surface area contributed by atoms with Gasteiger partial charge < -0.3 is 9.84 Å². The number of rotatable bonds is 5. The molecule has 0 saturated heterocycles. The lowest BCUT2D eigenvalue weighted by Gasteiger charge is -2.31. The summed E-state index contributed by atoms with van der Waals surface area (Å²) in [4.78, 5) is 24.9. The van der Waals surface area contributed by atoms with Gasteiger partial charge in [-0.15, -0.1) is 0 Å². The molecule has 0 spiro atoms.